The SMILES string of the molecule is Cc1ccc(-c2cnc3c(c2)C(=O)N([C@@H](C)CO)C[C@H](C)[C@@H](CN(C)C(=O)c2ccc(F)cc2)O3)cc1. The van der Waals surface area contributed by atoms with E-state index < -0.39 is 18.0 Å². The Balaban J connectivity index is 1.67. The Labute approximate surface area is 216 Å². The first-order chi connectivity index (χ1) is 17.7. The molecular formula is C29H32FN3O4. The lowest BCUT2D eigenvalue weighted by Crippen LogP contribution is -2.50. The number of nitrogens with zero attached hydrogens (tertiary/aromatic N) is 3. The van der Waals surface area contributed by atoms with Gasteiger partial charge in [-0.2, -0.15) is 0 Å². The topological polar surface area (TPSA) is 83.0 Å². The van der Waals surface area contributed by atoms with E-state index in [1.54, 1.807) is 31.1 Å². The van der Waals surface area contributed by atoms with Crippen molar-refractivity contribution in [3.63, 3.8) is 0 Å². The van der Waals surface area contributed by atoms with E-state index in [0.717, 1.165) is 16.7 Å². The standard InChI is InChI=1S/C29H32FN3O4/c1-18-5-7-21(8-6-18)23-13-25-27(31-14-23)37-26(19(2)15-33(29(25)36)20(3)17-34)16-32(4)28(35)22-9-11-24(30)12-10-22/h5-14,19-20,26,34H,15-17H2,1-4H3/t19-,20-,26+/m0/s1. The molecule has 2 aromatic carbocycles. The fourth-order valence-electron chi connectivity index (χ4n) is 4.39. The molecular weight excluding hydrogens is 473 g/mol. The number of rotatable bonds is 6. The zero-order valence-corrected chi connectivity index (χ0v) is 21.5. The van der Waals surface area contributed by atoms with Crippen molar-refractivity contribution < 1.29 is 23.8 Å². The molecule has 1 aliphatic heterocycles. The van der Waals surface area contributed by atoms with E-state index in [1.165, 1.54) is 29.2 Å². The first kappa shape index (κ1) is 26.3. The highest BCUT2D eigenvalue weighted by Crippen LogP contribution is 2.30. The maximum atomic E-state index is 13.6. The van der Waals surface area contributed by atoms with Crippen molar-refractivity contribution in [1.29, 1.82) is 0 Å². The van der Waals surface area contributed by atoms with Crippen molar-refractivity contribution in [1.82, 2.24) is 14.8 Å². The summed E-state index contributed by atoms with van der Waals surface area (Å²) in [5.41, 5.74) is 3.51. The van der Waals surface area contributed by atoms with Crippen LogP contribution < -0.4 is 4.74 Å². The number of amides is 2. The van der Waals surface area contributed by atoms with Crippen LogP contribution in [0.2, 0.25) is 0 Å². The minimum Gasteiger partial charge on any atom is -0.472 e. The number of aromatic nitrogens is 1. The second-order valence-corrected chi connectivity index (χ2v) is 9.76. The molecule has 0 spiro atoms. The summed E-state index contributed by atoms with van der Waals surface area (Å²) in [6.07, 6.45) is 1.19. The number of aliphatic hydroxyl groups excluding tert-OH is 1. The Morgan fingerprint density at radius 2 is 1.86 bits per heavy atom. The van der Waals surface area contributed by atoms with E-state index in [4.69, 9.17) is 4.74 Å². The minimum atomic E-state index is -0.479. The zero-order valence-electron chi connectivity index (χ0n) is 21.5. The molecule has 0 radical (unpaired) electrons. The predicted octanol–water partition coefficient (Wildman–Crippen LogP) is 4.19. The van der Waals surface area contributed by atoms with Gasteiger partial charge in [-0.25, -0.2) is 9.37 Å². The lowest BCUT2D eigenvalue weighted by Gasteiger charge is -2.37. The molecule has 1 N–H and O–H groups in total. The number of carbonyl (C=O) groups is 2. The molecule has 0 saturated carbocycles. The number of ether oxygens (including phenoxy) is 1. The highest BCUT2D eigenvalue weighted by Gasteiger charge is 2.35. The number of hydrogen-bond donors (Lipinski definition) is 1. The Bertz CT molecular complexity index is 1260. The van der Waals surface area contributed by atoms with Crippen LogP contribution in [0.25, 0.3) is 11.1 Å². The summed E-state index contributed by atoms with van der Waals surface area (Å²) >= 11 is 0. The Morgan fingerprint density at radius 3 is 2.51 bits per heavy atom. The number of pyridine rings is 1. The van der Waals surface area contributed by atoms with Gasteiger partial charge in [0.2, 0.25) is 5.88 Å². The maximum Gasteiger partial charge on any atom is 0.259 e. The van der Waals surface area contributed by atoms with Gasteiger partial charge in [-0.3, -0.25) is 9.59 Å². The second-order valence-electron chi connectivity index (χ2n) is 9.76. The number of aliphatic hydroxyl groups is 1. The summed E-state index contributed by atoms with van der Waals surface area (Å²) < 4.78 is 19.6. The quantitative estimate of drug-likeness (QED) is 0.543. The molecule has 4 rings (SSSR count). The van der Waals surface area contributed by atoms with Gasteiger partial charge in [0, 0.05) is 36.8 Å². The third kappa shape index (κ3) is 5.80. The van der Waals surface area contributed by atoms with E-state index in [2.05, 4.69) is 4.98 Å². The number of halogens is 1. The van der Waals surface area contributed by atoms with Crippen molar-refractivity contribution in [2.45, 2.75) is 32.9 Å². The van der Waals surface area contributed by atoms with E-state index in [9.17, 15) is 19.1 Å². The van der Waals surface area contributed by atoms with Crippen molar-refractivity contribution in [2.75, 3.05) is 26.7 Å². The summed E-state index contributed by atoms with van der Waals surface area (Å²) in [4.78, 5) is 34.3. The van der Waals surface area contributed by atoms with Crippen molar-refractivity contribution in [3.8, 4) is 17.0 Å². The van der Waals surface area contributed by atoms with E-state index in [1.807, 2.05) is 38.1 Å². The number of likely N-dealkylation sites (N-methyl/N-ethyl adjacent to an activating group) is 1. The number of hydrogen-bond acceptors (Lipinski definition) is 5. The molecule has 3 aromatic rings. The van der Waals surface area contributed by atoms with Crippen LogP contribution in [0, 0.1) is 18.7 Å². The van der Waals surface area contributed by atoms with Gasteiger partial charge in [0.25, 0.3) is 11.8 Å². The maximum absolute atomic E-state index is 13.6. The van der Waals surface area contributed by atoms with Crippen LogP contribution in [0.3, 0.4) is 0 Å². The van der Waals surface area contributed by atoms with Gasteiger partial charge in [0.05, 0.1) is 19.2 Å². The smallest absolute Gasteiger partial charge is 0.259 e. The molecule has 3 atom stereocenters. The summed E-state index contributed by atoms with van der Waals surface area (Å²) in [6.45, 7) is 6.12. The molecule has 0 unspecified atom stereocenters. The Kier molecular flexibility index (Phi) is 7.88. The molecule has 2 amide bonds. The molecule has 1 aliphatic rings. The molecule has 37 heavy (non-hydrogen) atoms. The normalized spacial score (nSPS) is 18.3. The molecule has 1 aromatic heterocycles. The van der Waals surface area contributed by atoms with E-state index in [-0.39, 0.29) is 36.8 Å². The van der Waals surface area contributed by atoms with E-state index >= 15 is 0 Å². The second kappa shape index (κ2) is 11.1. The average Bonchev–Trinajstić information content (AvgIpc) is 2.90. The highest BCUT2D eigenvalue weighted by molar-refractivity contribution is 5.98. The third-order valence-electron chi connectivity index (χ3n) is 6.80. The lowest BCUT2D eigenvalue weighted by atomic mass is 9.98. The fourth-order valence-corrected chi connectivity index (χ4v) is 4.39. The third-order valence-corrected chi connectivity index (χ3v) is 6.80. The monoisotopic (exact) mass is 505 g/mol. The van der Waals surface area contributed by atoms with Crippen molar-refractivity contribution >= 4 is 11.8 Å². The first-order valence-electron chi connectivity index (χ1n) is 12.3. The number of benzene rings is 2. The summed E-state index contributed by atoms with van der Waals surface area (Å²) in [5, 5.41) is 9.87. The van der Waals surface area contributed by atoms with Gasteiger partial charge in [-0.15, -0.1) is 0 Å². The Hall–Kier alpha value is -3.78. The molecule has 7 nitrogen and oxygen atoms in total. The fraction of sp³-hybridized carbons (Fsp3) is 0.345. The average molecular weight is 506 g/mol. The summed E-state index contributed by atoms with van der Waals surface area (Å²) in [5.74, 6) is -0.925. The van der Waals surface area contributed by atoms with Crippen molar-refractivity contribution in [2.24, 2.45) is 5.92 Å². The summed E-state index contributed by atoms with van der Waals surface area (Å²) in [7, 11) is 1.66. The molecule has 0 aliphatic carbocycles. The van der Waals surface area contributed by atoms with Crippen LogP contribution in [-0.2, 0) is 0 Å². The molecule has 0 bridgehead atoms. The van der Waals surface area contributed by atoms with Crippen LogP contribution >= 0.6 is 0 Å². The molecule has 2 heterocycles. The van der Waals surface area contributed by atoms with E-state index in [0.29, 0.717) is 17.7 Å². The zero-order chi connectivity index (χ0) is 26.7. The van der Waals surface area contributed by atoms with Crippen LogP contribution in [-0.4, -0.2) is 70.6 Å². The number of aryl methyl sites for hydroxylation is 1. The van der Waals surface area contributed by atoms with Gasteiger partial charge in [0.15, 0.2) is 0 Å². The minimum absolute atomic E-state index is 0.173. The number of carbonyl (C=O) groups excluding carboxylic acids is 2. The number of fused-ring (bicyclic) bond motifs is 1. The first-order valence-corrected chi connectivity index (χ1v) is 12.3. The largest absolute Gasteiger partial charge is 0.472 e. The van der Waals surface area contributed by atoms with Crippen molar-refractivity contribution in [3.05, 3.63) is 83.3 Å². The highest BCUT2D eigenvalue weighted by atomic mass is 19.1. The summed E-state index contributed by atoms with van der Waals surface area (Å²) in [6, 6.07) is 14.7. The molecule has 0 saturated heterocycles. The van der Waals surface area contributed by atoms with Gasteiger partial charge in [-0.05, 0) is 49.7 Å². The molecule has 8 heteroatoms. The van der Waals surface area contributed by atoms with Gasteiger partial charge < -0.3 is 19.6 Å². The van der Waals surface area contributed by atoms with Crippen LogP contribution in [0.1, 0.15) is 40.1 Å². The Morgan fingerprint density at radius 1 is 1.19 bits per heavy atom. The molecule has 0 fully saturated rings. The molecule has 194 valence electrons. The predicted molar refractivity (Wildman–Crippen MR) is 139 cm³/mol. The van der Waals surface area contributed by atoms with Gasteiger partial charge in [-0.1, -0.05) is 36.8 Å². The van der Waals surface area contributed by atoms with Crippen LogP contribution in [0.15, 0.2) is 60.8 Å². The van der Waals surface area contributed by atoms with Gasteiger partial charge in [0.1, 0.15) is 17.5 Å². The van der Waals surface area contributed by atoms with Gasteiger partial charge >= 0.3 is 0 Å². The van der Waals surface area contributed by atoms with Crippen LogP contribution in [0.4, 0.5) is 4.39 Å². The van der Waals surface area contributed by atoms with Crippen LogP contribution in [0.5, 0.6) is 5.88 Å². The lowest BCUT2D eigenvalue weighted by molar-refractivity contribution is 0.0313.